The lowest BCUT2D eigenvalue weighted by Gasteiger charge is -2.16. The first kappa shape index (κ1) is 15.1. The third-order valence-electron chi connectivity index (χ3n) is 2.73. The fraction of sp³-hybridized carbons (Fsp3) is 0.615. The highest BCUT2D eigenvalue weighted by atomic mass is 28.3. The van der Waals surface area contributed by atoms with Crippen molar-refractivity contribution in [3.8, 4) is 0 Å². The normalized spacial score (nSPS) is 13.6. The number of hydrogen-bond donors (Lipinski definition) is 1. The second-order valence-corrected chi connectivity index (χ2v) is 11.4. The second kappa shape index (κ2) is 6.31. The van der Waals surface area contributed by atoms with Gasteiger partial charge in [-0.15, -0.1) is 0 Å². The molecule has 0 spiro atoms. The molecule has 0 fully saturated rings. The first-order valence-electron chi connectivity index (χ1n) is 6.26. The Morgan fingerprint density at radius 2 is 2.11 bits per heavy atom. The topological polar surface area (TPSA) is 51.5 Å². The number of aromatic nitrogens is 1. The third-order valence-corrected chi connectivity index (χ3v) is 4.43. The maximum atomic E-state index is 11.7. The molecule has 0 saturated heterocycles. The average Bonchev–Trinajstić information content (AvgIpc) is 2.24. The molecule has 102 valence electrons. The highest BCUT2D eigenvalue weighted by Crippen LogP contribution is 2.09. The Morgan fingerprint density at radius 3 is 2.61 bits per heavy atom. The summed E-state index contributed by atoms with van der Waals surface area (Å²) >= 11 is 0. The Balaban J connectivity index is 2.51. The van der Waals surface area contributed by atoms with E-state index in [2.05, 4.69) is 19.6 Å². The predicted octanol–water partition coefficient (Wildman–Crippen LogP) is 2.21. The van der Waals surface area contributed by atoms with Gasteiger partial charge in [0.2, 0.25) is 0 Å². The monoisotopic (exact) mass is 269 g/mol. The Kier molecular flexibility index (Phi) is 5.31. The summed E-state index contributed by atoms with van der Waals surface area (Å²) < 4.78 is 7.02. The summed E-state index contributed by atoms with van der Waals surface area (Å²) in [6, 6.07) is 4.29. The minimum Gasteiger partial charge on any atom is -0.389 e. The standard InChI is InChI=1S/C13H23NO3Si/c1-11(15)12-5-6-14(13(16)9-12)10-17-7-8-18(2,3)4/h5-6,9,11,15H,7-8,10H2,1-4H3. The van der Waals surface area contributed by atoms with Gasteiger partial charge >= 0.3 is 0 Å². The van der Waals surface area contributed by atoms with E-state index in [0.29, 0.717) is 12.2 Å². The molecule has 0 aromatic carbocycles. The largest absolute Gasteiger partial charge is 0.389 e. The van der Waals surface area contributed by atoms with Crippen molar-refractivity contribution in [1.29, 1.82) is 0 Å². The highest BCUT2D eigenvalue weighted by Gasteiger charge is 2.12. The maximum absolute atomic E-state index is 11.7. The zero-order chi connectivity index (χ0) is 13.8. The van der Waals surface area contributed by atoms with Crippen molar-refractivity contribution >= 4 is 8.07 Å². The van der Waals surface area contributed by atoms with Crippen LogP contribution in [0.15, 0.2) is 23.1 Å². The molecule has 0 aliphatic heterocycles. The number of hydrogen-bond acceptors (Lipinski definition) is 3. The van der Waals surface area contributed by atoms with Crippen molar-refractivity contribution in [2.24, 2.45) is 0 Å². The lowest BCUT2D eigenvalue weighted by Crippen LogP contribution is -2.24. The first-order valence-corrected chi connectivity index (χ1v) is 9.96. The van der Waals surface area contributed by atoms with E-state index in [1.54, 1.807) is 19.2 Å². The Labute approximate surface area is 109 Å². The van der Waals surface area contributed by atoms with Gasteiger partial charge in [-0.1, -0.05) is 19.6 Å². The van der Waals surface area contributed by atoms with E-state index >= 15 is 0 Å². The van der Waals surface area contributed by atoms with Crippen molar-refractivity contribution in [2.75, 3.05) is 6.61 Å². The minimum absolute atomic E-state index is 0.138. The number of aliphatic hydroxyl groups is 1. The van der Waals surface area contributed by atoms with Crippen LogP contribution in [0.5, 0.6) is 0 Å². The van der Waals surface area contributed by atoms with E-state index in [-0.39, 0.29) is 12.3 Å². The van der Waals surface area contributed by atoms with Crippen LogP contribution >= 0.6 is 0 Å². The zero-order valence-electron chi connectivity index (χ0n) is 11.6. The molecule has 0 saturated carbocycles. The van der Waals surface area contributed by atoms with Crippen LogP contribution in [-0.2, 0) is 11.5 Å². The quantitative estimate of drug-likeness (QED) is 0.636. The Bertz CT molecular complexity index is 435. The van der Waals surface area contributed by atoms with Crippen LogP contribution in [0.3, 0.4) is 0 Å². The lowest BCUT2D eigenvalue weighted by atomic mass is 10.2. The Hall–Kier alpha value is -0.913. The van der Waals surface area contributed by atoms with E-state index in [9.17, 15) is 9.90 Å². The summed E-state index contributed by atoms with van der Waals surface area (Å²) in [7, 11) is -1.08. The third kappa shape index (κ3) is 5.16. The zero-order valence-corrected chi connectivity index (χ0v) is 12.6. The van der Waals surface area contributed by atoms with Gasteiger partial charge in [-0.05, 0) is 24.6 Å². The molecule has 1 rings (SSSR count). The van der Waals surface area contributed by atoms with Crippen molar-refractivity contribution < 1.29 is 9.84 Å². The molecule has 0 aliphatic rings. The van der Waals surface area contributed by atoms with Crippen molar-refractivity contribution in [2.45, 2.75) is 45.4 Å². The van der Waals surface area contributed by atoms with Gasteiger partial charge in [0.15, 0.2) is 0 Å². The van der Waals surface area contributed by atoms with Gasteiger partial charge in [-0.3, -0.25) is 9.36 Å². The number of rotatable bonds is 6. The van der Waals surface area contributed by atoms with Crippen LogP contribution in [0.25, 0.3) is 0 Å². The summed E-state index contributed by atoms with van der Waals surface area (Å²) in [4.78, 5) is 11.7. The van der Waals surface area contributed by atoms with E-state index < -0.39 is 14.2 Å². The predicted molar refractivity (Wildman–Crippen MR) is 75.4 cm³/mol. The minimum atomic E-state index is -1.08. The molecule has 0 amide bonds. The van der Waals surface area contributed by atoms with Crippen molar-refractivity contribution in [1.82, 2.24) is 4.57 Å². The molecule has 1 aromatic heterocycles. The second-order valence-electron chi connectivity index (χ2n) is 5.79. The molecule has 0 bridgehead atoms. The number of ether oxygens (including phenoxy) is 1. The van der Waals surface area contributed by atoms with Gasteiger partial charge in [-0.2, -0.15) is 0 Å². The van der Waals surface area contributed by atoms with Crippen LogP contribution in [0, 0.1) is 0 Å². The van der Waals surface area contributed by atoms with E-state index in [0.717, 1.165) is 6.04 Å². The molecule has 4 nitrogen and oxygen atoms in total. The van der Waals surface area contributed by atoms with Gasteiger partial charge in [0.1, 0.15) is 6.73 Å². The molecule has 1 atom stereocenters. The SMILES string of the molecule is CC(O)c1ccn(COCC[Si](C)(C)C)c(=O)c1. The van der Waals surface area contributed by atoms with Gasteiger partial charge in [0.05, 0.1) is 6.10 Å². The van der Waals surface area contributed by atoms with Crippen LogP contribution in [-0.4, -0.2) is 24.4 Å². The van der Waals surface area contributed by atoms with E-state index in [4.69, 9.17) is 4.74 Å². The van der Waals surface area contributed by atoms with Crippen molar-refractivity contribution in [3.63, 3.8) is 0 Å². The maximum Gasteiger partial charge on any atom is 0.252 e. The molecule has 0 aliphatic carbocycles. The fourth-order valence-electron chi connectivity index (χ4n) is 1.43. The summed E-state index contributed by atoms with van der Waals surface area (Å²) in [5, 5.41) is 9.37. The summed E-state index contributed by atoms with van der Waals surface area (Å²) in [6.07, 6.45) is 1.05. The summed E-state index contributed by atoms with van der Waals surface area (Å²) in [5.74, 6) is 0. The average molecular weight is 269 g/mol. The lowest BCUT2D eigenvalue weighted by molar-refractivity contribution is 0.0845. The van der Waals surface area contributed by atoms with Gasteiger partial charge in [0.25, 0.3) is 5.56 Å². The molecular formula is C13H23NO3Si. The number of pyridine rings is 1. The van der Waals surface area contributed by atoms with E-state index in [1.165, 1.54) is 10.6 Å². The highest BCUT2D eigenvalue weighted by molar-refractivity contribution is 6.76. The van der Waals surface area contributed by atoms with Crippen molar-refractivity contribution in [3.05, 3.63) is 34.2 Å². The Morgan fingerprint density at radius 1 is 1.44 bits per heavy atom. The van der Waals surface area contributed by atoms with Crippen LogP contribution in [0.4, 0.5) is 0 Å². The van der Waals surface area contributed by atoms with Gasteiger partial charge in [-0.25, -0.2) is 0 Å². The molecule has 0 radical (unpaired) electrons. The number of nitrogens with zero attached hydrogens (tertiary/aromatic N) is 1. The first-order chi connectivity index (χ1) is 8.29. The molecule has 1 heterocycles. The van der Waals surface area contributed by atoms with Crippen LogP contribution < -0.4 is 5.56 Å². The molecule has 5 heteroatoms. The summed E-state index contributed by atoms with van der Waals surface area (Å²) in [6.45, 7) is 9.49. The molecule has 1 unspecified atom stereocenters. The van der Waals surface area contributed by atoms with Crippen LogP contribution in [0.2, 0.25) is 25.7 Å². The summed E-state index contributed by atoms with van der Waals surface area (Å²) in [5.41, 5.74) is 0.500. The van der Waals surface area contributed by atoms with Gasteiger partial charge < -0.3 is 9.84 Å². The number of aliphatic hydroxyl groups excluding tert-OH is 1. The van der Waals surface area contributed by atoms with Gasteiger partial charge in [0, 0.05) is 26.9 Å². The molecule has 1 aromatic rings. The van der Waals surface area contributed by atoms with Crippen LogP contribution in [0.1, 0.15) is 18.6 Å². The smallest absolute Gasteiger partial charge is 0.252 e. The molecular weight excluding hydrogens is 246 g/mol. The fourth-order valence-corrected chi connectivity index (χ4v) is 2.19. The molecule has 1 N–H and O–H groups in total. The van der Waals surface area contributed by atoms with E-state index in [1.807, 2.05) is 0 Å². The molecule has 18 heavy (non-hydrogen) atoms.